The molecule has 2 aromatic rings. The van der Waals surface area contributed by atoms with Crippen LogP contribution in [0.25, 0.3) is 0 Å². The molecule has 0 bridgehead atoms. The molecule has 1 N–H and O–H groups in total. The van der Waals surface area contributed by atoms with Crippen molar-refractivity contribution in [2.75, 3.05) is 25.0 Å². The van der Waals surface area contributed by atoms with Gasteiger partial charge in [-0.15, -0.1) is 0 Å². The first-order valence-corrected chi connectivity index (χ1v) is 8.25. The summed E-state index contributed by atoms with van der Waals surface area (Å²) in [5.41, 5.74) is 3.01. The Bertz CT molecular complexity index is 583. The molecule has 0 saturated carbocycles. The minimum atomic E-state index is 0.946. The van der Waals surface area contributed by atoms with Gasteiger partial charge in [0.05, 0.1) is 0 Å². The smallest absolute Gasteiger partial charge is 0.125 e. The molecule has 110 valence electrons. The largest absolute Gasteiger partial charge is 0.370 e. The number of hydrogen-bond acceptors (Lipinski definition) is 3. The number of hydrogen-bond donors (Lipinski definition) is 1. The normalized spacial score (nSPS) is 14.7. The minimum absolute atomic E-state index is 0.946. The third-order valence-corrected chi connectivity index (χ3v) is 4.36. The maximum absolute atomic E-state index is 4.32. The van der Waals surface area contributed by atoms with Gasteiger partial charge in [-0.2, -0.15) is 0 Å². The first kappa shape index (κ1) is 14.5. The Morgan fingerprint density at radius 2 is 2.00 bits per heavy atom. The fourth-order valence-electron chi connectivity index (χ4n) is 2.74. The van der Waals surface area contributed by atoms with Crippen molar-refractivity contribution in [3.05, 3.63) is 58.2 Å². The van der Waals surface area contributed by atoms with E-state index in [1.54, 1.807) is 0 Å². The molecule has 0 unspecified atom stereocenters. The molecule has 0 radical (unpaired) electrons. The van der Waals surface area contributed by atoms with Crippen molar-refractivity contribution >= 4 is 21.7 Å². The van der Waals surface area contributed by atoms with Gasteiger partial charge in [-0.25, -0.2) is 4.98 Å². The SMILES string of the molecule is Brc1ccc(NCCCN2CCc3ccccc3C2)nc1. The number of nitrogens with one attached hydrogen (secondary N) is 1. The highest BCUT2D eigenvalue weighted by Gasteiger charge is 2.14. The van der Waals surface area contributed by atoms with E-state index in [1.807, 2.05) is 18.3 Å². The Hall–Kier alpha value is -1.39. The first-order chi connectivity index (χ1) is 10.3. The lowest BCUT2D eigenvalue weighted by Gasteiger charge is -2.28. The van der Waals surface area contributed by atoms with Crippen molar-refractivity contribution in [1.29, 1.82) is 0 Å². The van der Waals surface area contributed by atoms with E-state index in [2.05, 4.69) is 55.4 Å². The maximum atomic E-state index is 4.32. The van der Waals surface area contributed by atoms with Crippen LogP contribution < -0.4 is 5.32 Å². The Kier molecular flexibility index (Phi) is 4.88. The highest BCUT2D eigenvalue weighted by atomic mass is 79.9. The zero-order valence-electron chi connectivity index (χ0n) is 12.1. The van der Waals surface area contributed by atoms with Gasteiger partial charge in [0.1, 0.15) is 5.82 Å². The lowest BCUT2D eigenvalue weighted by atomic mass is 10.00. The average Bonchev–Trinajstić information content (AvgIpc) is 2.53. The number of benzene rings is 1. The van der Waals surface area contributed by atoms with Crippen LogP contribution in [-0.2, 0) is 13.0 Å². The van der Waals surface area contributed by atoms with E-state index in [1.165, 1.54) is 24.1 Å². The maximum Gasteiger partial charge on any atom is 0.125 e. The van der Waals surface area contributed by atoms with Crippen molar-refractivity contribution in [3.8, 4) is 0 Å². The van der Waals surface area contributed by atoms with Gasteiger partial charge in [0.15, 0.2) is 0 Å². The molecule has 0 amide bonds. The molecule has 1 aliphatic heterocycles. The molecule has 21 heavy (non-hydrogen) atoms. The molecular formula is C17H20BrN3. The summed E-state index contributed by atoms with van der Waals surface area (Å²) in [6, 6.07) is 12.8. The molecule has 0 atom stereocenters. The number of anilines is 1. The van der Waals surface area contributed by atoms with Crippen LogP contribution in [0.4, 0.5) is 5.82 Å². The zero-order valence-corrected chi connectivity index (χ0v) is 13.6. The van der Waals surface area contributed by atoms with Crippen LogP contribution in [-0.4, -0.2) is 29.5 Å². The molecule has 1 aromatic carbocycles. The summed E-state index contributed by atoms with van der Waals surface area (Å²) in [6.45, 7) is 4.37. The lowest BCUT2D eigenvalue weighted by molar-refractivity contribution is 0.253. The van der Waals surface area contributed by atoms with Gasteiger partial charge in [0, 0.05) is 36.8 Å². The summed E-state index contributed by atoms with van der Waals surface area (Å²) in [5, 5.41) is 3.37. The summed E-state index contributed by atoms with van der Waals surface area (Å²) in [7, 11) is 0. The average molecular weight is 346 g/mol. The Morgan fingerprint density at radius 3 is 2.81 bits per heavy atom. The van der Waals surface area contributed by atoms with E-state index in [4.69, 9.17) is 0 Å². The standard InChI is InChI=1S/C17H20BrN3/c18-16-6-7-17(20-12-16)19-9-3-10-21-11-8-14-4-1-2-5-15(14)13-21/h1-2,4-7,12H,3,8-11,13H2,(H,19,20). The van der Waals surface area contributed by atoms with E-state index in [-0.39, 0.29) is 0 Å². The van der Waals surface area contributed by atoms with Crippen LogP contribution in [0.15, 0.2) is 47.1 Å². The summed E-state index contributed by atoms with van der Waals surface area (Å²) in [6.07, 6.45) is 4.14. The van der Waals surface area contributed by atoms with Gasteiger partial charge < -0.3 is 5.32 Å². The van der Waals surface area contributed by atoms with E-state index < -0.39 is 0 Å². The number of fused-ring (bicyclic) bond motifs is 1. The molecule has 0 saturated heterocycles. The van der Waals surface area contributed by atoms with Crippen LogP contribution in [0.5, 0.6) is 0 Å². The van der Waals surface area contributed by atoms with E-state index in [9.17, 15) is 0 Å². The lowest BCUT2D eigenvalue weighted by Crippen LogP contribution is -2.32. The summed E-state index contributed by atoms with van der Waals surface area (Å²) in [4.78, 5) is 6.86. The Balaban J connectivity index is 1.41. The zero-order chi connectivity index (χ0) is 14.5. The fraction of sp³-hybridized carbons (Fsp3) is 0.353. The van der Waals surface area contributed by atoms with Gasteiger partial charge in [-0.3, -0.25) is 4.90 Å². The van der Waals surface area contributed by atoms with Crippen molar-refractivity contribution < 1.29 is 0 Å². The molecule has 0 aliphatic carbocycles. The van der Waals surface area contributed by atoms with Crippen LogP contribution >= 0.6 is 15.9 Å². The monoisotopic (exact) mass is 345 g/mol. The van der Waals surface area contributed by atoms with Gasteiger partial charge in [0.25, 0.3) is 0 Å². The molecule has 1 aromatic heterocycles. The third-order valence-electron chi connectivity index (χ3n) is 3.89. The molecule has 3 nitrogen and oxygen atoms in total. The fourth-order valence-corrected chi connectivity index (χ4v) is 2.98. The summed E-state index contributed by atoms with van der Waals surface area (Å²) in [5.74, 6) is 0.946. The van der Waals surface area contributed by atoms with Gasteiger partial charge in [-0.05, 0) is 52.0 Å². The Labute approximate surface area is 134 Å². The number of pyridine rings is 1. The molecule has 4 heteroatoms. The number of aromatic nitrogens is 1. The molecule has 1 aliphatic rings. The second kappa shape index (κ2) is 7.05. The summed E-state index contributed by atoms with van der Waals surface area (Å²) >= 11 is 3.40. The number of halogens is 1. The predicted octanol–water partition coefficient (Wildman–Crippen LogP) is 3.70. The van der Waals surface area contributed by atoms with Crippen LogP contribution in [0.2, 0.25) is 0 Å². The first-order valence-electron chi connectivity index (χ1n) is 7.46. The van der Waals surface area contributed by atoms with Crippen LogP contribution in [0.3, 0.4) is 0 Å². The number of nitrogens with zero attached hydrogens (tertiary/aromatic N) is 2. The molecule has 0 spiro atoms. The number of rotatable bonds is 5. The van der Waals surface area contributed by atoms with E-state index in [0.717, 1.165) is 36.3 Å². The van der Waals surface area contributed by atoms with Crippen LogP contribution in [0, 0.1) is 0 Å². The quantitative estimate of drug-likeness (QED) is 0.837. The van der Waals surface area contributed by atoms with Crippen molar-refractivity contribution in [1.82, 2.24) is 9.88 Å². The summed E-state index contributed by atoms with van der Waals surface area (Å²) < 4.78 is 1.01. The van der Waals surface area contributed by atoms with E-state index >= 15 is 0 Å². The second-order valence-corrected chi connectivity index (χ2v) is 6.35. The second-order valence-electron chi connectivity index (χ2n) is 5.44. The third kappa shape index (κ3) is 4.05. The predicted molar refractivity (Wildman–Crippen MR) is 90.5 cm³/mol. The highest BCUT2D eigenvalue weighted by molar-refractivity contribution is 9.10. The molecule has 0 fully saturated rings. The highest BCUT2D eigenvalue weighted by Crippen LogP contribution is 2.18. The molecule has 3 rings (SSSR count). The van der Waals surface area contributed by atoms with Gasteiger partial charge in [0.2, 0.25) is 0 Å². The van der Waals surface area contributed by atoms with E-state index in [0.29, 0.717) is 0 Å². The van der Waals surface area contributed by atoms with Crippen molar-refractivity contribution in [3.63, 3.8) is 0 Å². The topological polar surface area (TPSA) is 28.2 Å². The van der Waals surface area contributed by atoms with Gasteiger partial charge >= 0.3 is 0 Å². The van der Waals surface area contributed by atoms with Crippen LogP contribution in [0.1, 0.15) is 17.5 Å². The van der Waals surface area contributed by atoms with Crippen molar-refractivity contribution in [2.45, 2.75) is 19.4 Å². The molecule has 2 heterocycles. The minimum Gasteiger partial charge on any atom is -0.370 e. The Morgan fingerprint density at radius 1 is 1.14 bits per heavy atom. The molecular weight excluding hydrogens is 326 g/mol. The van der Waals surface area contributed by atoms with Crippen molar-refractivity contribution in [2.24, 2.45) is 0 Å². The van der Waals surface area contributed by atoms with Gasteiger partial charge in [-0.1, -0.05) is 24.3 Å².